The van der Waals surface area contributed by atoms with Gasteiger partial charge in [0.05, 0.1) is 11.9 Å². The van der Waals surface area contributed by atoms with Gasteiger partial charge in [-0.25, -0.2) is 4.39 Å². The van der Waals surface area contributed by atoms with Crippen LogP contribution in [-0.4, -0.2) is 49.4 Å². The summed E-state index contributed by atoms with van der Waals surface area (Å²) < 4.78 is 22.3. The van der Waals surface area contributed by atoms with Gasteiger partial charge in [0, 0.05) is 48.9 Å². The van der Waals surface area contributed by atoms with Crippen molar-refractivity contribution < 1.29 is 14.2 Å². The summed E-state index contributed by atoms with van der Waals surface area (Å²) in [5.41, 5.74) is 2.88. The number of aromatic nitrogens is 4. The second kappa shape index (κ2) is 7.68. The predicted molar refractivity (Wildman–Crippen MR) is 110 cm³/mol. The minimum atomic E-state index is -1.05. The first-order chi connectivity index (χ1) is 14.6. The molecule has 1 aromatic carbocycles. The van der Waals surface area contributed by atoms with Crippen molar-refractivity contribution in [3.63, 3.8) is 0 Å². The number of hydrogen-bond donors (Lipinski definition) is 2. The van der Waals surface area contributed by atoms with Crippen molar-refractivity contribution in [1.29, 1.82) is 0 Å². The van der Waals surface area contributed by atoms with E-state index in [1.165, 1.54) is 0 Å². The molecule has 3 aromatic rings. The van der Waals surface area contributed by atoms with Crippen LogP contribution in [0.5, 0.6) is 11.6 Å². The Bertz CT molecular complexity index is 1040. The zero-order chi connectivity index (χ0) is 20.7. The molecular weight excluding hydrogens is 385 g/mol. The van der Waals surface area contributed by atoms with Crippen LogP contribution in [0.4, 0.5) is 4.39 Å². The lowest BCUT2D eigenvalue weighted by atomic mass is 9.84. The summed E-state index contributed by atoms with van der Waals surface area (Å²) in [5.74, 6) is 0.409. The Morgan fingerprint density at radius 3 is 2.80 bits per heavy atom. The van der Waals surface area contributed by atoms with Crippen LogP contribution in [0, 0.1) is 0 Å². The van der Waals surface area contributed by atoms with Crippen molar-refractivity contribution in [2.75, 3.05) is 0 Å². The molecular formula is C22H24FN5O2. The number of rotatable bonds is 4. The topological polar surface area (TPSA) is 85.1 Å². The molecule has 0 aliphatic carbocycles. The highest BCUT2D eigenvalue weighted by molar-refractivity contribution is 5.73. The van der Waals surface area contributed by atoms with Crippen LogP contribution in [0.25, 0.3) is 22.4 Å². The number of aryl methyl sites for hydroxylation is 1. The van der Waals surface area contributed by atoms with Crippen molar-refractivity contribution in [3.8, 4) is 34.0 Å². The lowest BCUT2D eigenvalue weighted by Gasteiger charge is -2.42. The molecule has 8 heteroatoms. The fourth-order valence-electron chi connectivity index (χ4n) is 4.45. The first-order valence-electron chi connectivity index (χ1n) is 10.3. The van der Waals surface area contributed by atoms with E-state index in [2.05, 4.69) is 20.6 Å². The van der Waals surface area contributed by atoms with E-state index in [1.54, 1.807) is 35.1 Å². The first kappa shape index (κ1) is 19.0. The van der Waals surface area contributed by atoms with E-state index < -0.39 is 12.3 Å². The Morgan fingerprint density at radius 2 is 2.07 bits per heavy atom. The third kappa shape index (κ3) is 3.63. The monoisotopic (exact) mass is 409 g/mol. The number of alkyl halides is 1. The van der Waals surface area contributed by atoms with Crippen LogP contribution < -0.4 is 10.1 Å². The largest absolute Gasteiger partial charge is 0.507 e. The van der Waals surface area contributed by atoms with Gasteiger partial charge in [-0.1, -0.05) is 12.5 Å². The van der Waals surface area contributed by atoms with E-state index in [9.17, 15) is 9.50 Å². The van der Waals surface area contributed by atoms with Crippen molar-refractivity contribution in [3.05, 3.63) is 42.7 Å². The van der Waals surface area contributed by atoms with Gasteiger partial charge >= 0.3 is 0 Å². The molecule has 2 bridgehead atoms. The number of piperidine rings is 2. The van der Waals surface area contributed by atoms with E-state index in [4.69, 9.17) is 4.74 Å². The maximum atomic E-state index is 14.7. The second-order valence-electron chi connectivity index (χ2n) is 8.13. The lowest BCUT2D eigenvalue weighted by Crippen LogP contribution is -2.59. The van der Waals surface area contributed by atoms with Gasteiger partial charge < -0.3 is 15.2 Å². The maximum absolute atomic E-state index is 14.7. The molecule has 30 heavy (non-hydrogen) atoms. The summed E-state index contributed by atoms with van der Waals surface area (Å²) in [6.45, 7) is 0. The van der Waals surface area contributed by atoms with Crippen LogP contribution in [-0.2, 0) is 7.05 Å². The first-order valence-corrected chi connectivity index (χ1v) is 10.3. The number of ether oxygens (including phenoxy) is 1. The van der Waals surface area contributed by atoms with E-state index in [-0.39, 0.29) is 11.8 Å². The molecule has 5 rings (SSSR count). The smallest absolute Gasteiger partial charge is 0.233 e. The fraction of sp³-hybridized carbons (Fsp3) is 0.409. The van der Waals surface area contributed by atoms with E-state index >= 15 is 0 Å². The van der Waals surface area contributed by atoms with Crippen LogP contribution in [0.15, 0.2) is 42.7 Å². The number of halogens is 1. The zero-order valence-electron chi connectivity index (χ0n) is 16.7. The van der Waals surface area contributed by atoms with Crippen LogP contribution >= 0.6 is 0 Å². The summed E-state index contributed by atoms with van der Waals surface area (Å²) in [5, 5.41) is 26.3. The molecule has 2 saturated heterocycles. The summed E-state index contributed by atoms with van der Waals surface area (Å²) in [7, 11) is 1.85. The highest BCUT2D eigenvalue weighted by atomic mass is 19.1. The minimum Gasteiger partial charge on any atom is -0.507 e. The summed E-state index contributed by atoms with van der Waals surface area (Å²) in [4.78, 5) is 0. The van der Waals surface area contributed by atoms with Gasteiger partial charge in [0.2, 0.25) is 5.88 Å². The number of nitrogens with zero attached hydrogens (tertiary/aromatic N) is 4. The SMILES string of the molecule is Cn1cc(-c2ccc(-c3ccc(O[C@H]4CC5CCCC(N5)[C@@H]4F)nn3)c(O)c2)cn1. The van der Waals surface area contributed by atoms with Gasteiger partial charge in [0.25, 0.3) is 0 Å². The molecule has 0 spiro atoms. The Morgan fingerprint density at radius 1 is 1.17 bits per heavy atom. The van der Waals surface area contributed by atoms with Crippen LogP contribution in [0.2, 0.25) is 0 Å². The molecule has 2 aliphatic rings. The highest BCUT2D eigenvalue weighted by Gasteiger charge is 2.41. The van der Waals surface area contributed by atoms with Gasteiger partial charge in [-0.2, -0.15) is 5.10 Å². The highest BCUT2D eigenvalue weighted by Crippen LogP contribution is 2.33. The molecule has 0 radical (unpaired) electrons. The van der Waals surface area contributed by atoms with Crippen molar-refractivity contribution in [2.24, 2.45) is 7.05 Å². The van der Waals surface area contributed by atoms with Crippen molar-refractivity contribution >= 4 is 0 Å². The molecule has 4 atom stereocenters. The van der Waals surface area contributed by atoms with Gasteiger partial charge in [-0.3, -0.25) is 4.68 Å². The number of phenols is 1. The van der Waals surface area contributed by atoms with Gasteiger partial charge in [-0.15, -0.1) is 10.2 Å². The summed E-state index contributed by atoms with van der Waals surface area (Å²) in [6.07, 6.45) is 5.67. The van der Waals surface area contributed by atoms with E-state index in [0.717, 1.165) is 30.4 Å². The lowest BCUT2D eigenvalue weighted by molar-refractivity contribution is 0.00652. The van der Waals surface area contributed by atoms with Gasteiger partial charge in [0.1, 0.15) is 11.9 Å². The van der Waals surface area contributed by atoms with Crippen LogP contribution in [0.3, 0.4) is 0 Å². The molecule has 0 amide bonds. The second-order valence-corrected chi connectivity index (χ2v) is 8.13. The molecule has 2 fully saturated rings. The van der Waals surface area contributed by atoms with Crippen LogP contribution in [0.1, 0.15) is 25.7 Å². The summed E-state index contributed by atoms with van der Waals surface area (Å²) >= 11 is 0. The predicted octanol–water partition coefficient (Wildman–Crippen LogP) is 3.25. The number of aromatic hydroxyl groups is 1. The number of hydrogen-bond acceptors (Lipinski definition) is 6. The average Bonchev–Trinajstić information content (AvgIpc) is 3.19. The Labute approximate surface area is 173 Å². The number of nitrogens with one attached hydrogen (secondary N) is 1. The molecule has 7 nitrogen and oxygen atoms in total. The van der Waals surface area contributed by atoms with E-state index in [1.807, 2.05) is 19.3 Å². The molecule has 156 valence electrons. The number of phenolic OH excluding ortho intramolecular Hbond substituents is 1. The number of benzene rings is 1. The summed E-state index contributed by atoms with van der Waals surface area (Å²) in [6, 6.07) is 8.97. The van der Waals surface area contributed by atoms with E-state index in [0.29, 0.717) is 29.6 Å². The third-order valence-corrected chi connectivity index (χ3v) is 6.00. The molecule has 2 aromatic heterocycles. The maximum Gasteiger partial charge on any atom is 0.233 e. The molecule has 4 heterocycles. The Kier molecular flexibility index (Phi) is 4.86. The van der Waals surface area contributed by atoms with Crippen molar-refractivity contribution in [2.45, 2.75) is 50.0 Å². The van der Waals surface area contributed by atoms with Crippen molar-refractivity contribution in [1.82, 2.24) is 25.3 Å². The van der Waals surface area contributed by atoms with Gasteiger partial charge in [-0.05, 0) is 36.6 Å². The molecule has 0 saturated carbocycles. The molecule has 2 N–H and O–H groups in total. The molecule has 2 aliphatic heterocycles. The Hall–Kier alpha value is -3.00. The average molecular weight is 409 g/mol. The zero-order valence-corrected chi connectivity index (χ0v) is 16.7. The fourth-order valence-corrected chi connectivity index (χ4v) is 4.45. The van der Waals surface area contributed by atoms with Gasteiger partial charge in [0.15, 0.2) is 6.17 Å². The molecule has 2 unspecified atom stereocenters. The third-order valence-electron chi connectivity index (χ3n) is 6.00. The quantitative estimate of drug-likeness (QED) is 0.688. The normalized spacial score (nSPS) is 25.8. The minimum absolute atomic E-state index is 0.106. The standard InChI is InChI=1S/C22H24FN5O2/c1-28-12-14(11-24-28)13-5-6-16(19(29)9-13)17-7-8-21(27-26-17)30-20-10-15-3-2-4-18(25-15)22(20)23/h5-9,11-12,15,18,20,22,25,29H,2-4,10H2,1H3/t15?,18?,20-,22-/m0/s1. The Balaban J connectivity index is 1.31. The number of fused-ring (bicyclic) bond motifs is 2.